The summed E-state index contributed by atoms with van der Waals surface area (Å²) in [7, 11) is 0. The molecule has 0 aliphatic carbocycles. The minimum atomic E-state index is -0.882. The van der Waals surface area contributed by atoms with Crippen LogP contribution in [-0.2, 0) is 19.1 Å². The van der Waals surface area contributed by atoms with Crippen molar-refractivity contribution in [2.24, 2.45) is 4.99 Å². The van der Waals surface area contributed by atoms with Crippen molar-refractivity contribution in [3.63, 3.8) is 0 Å². The van der Waals surface area contributed by atoms with E-state index in [4.69, 9.17) is 9.47 Å². The van der Waals surface area contributed by atoms with E-state index in [2.05, 4.69) is 11.6 Å². The van der Waals surface area contributed by atoms with Gasteiger partial charge < -0.3 is 14.4 Å². The number of hydrogen-bond donors (Lipinski definition) is 0. The fourth-order valence-electron chi connectivity index (χ4n) is 4.99. The van der Waals surface area contributed by atoms with Gasteiger partial charge in [0.2, 0.25) is 0 Å². The van der Waals surface area contributed by atoms with E-state index >= 15 is 0 Å². The molecule has 40 heavy (non-hydrogen) atoms. The number of thiazole rings is 1. The van der Waals surface area contributed by atoms with E-state index in [1.54, 1.807) is 36.1 Å². The lowest BCUT2D eigenvalue weighted by Crippen LogP contribution is -2.41. The number of rotatable bonds is 7. The maximum Gasteiger partial charge on any atom is 0.338 e. The molecule has 0 unspecified atom stereocenters. The van der Waals surface area contributed by atoms with E-state index in [1.807, 2.05) is 31.2 Å². The number of carbonyl (C=O) groups excluding carboxylic acids is 3. The molecule has 3 aromatic rings. The smallest absolute Gasteiger partial charge is 0.338 e. The van der Waals surface area contributed by atoms with Gasteiger partial charge in [0.05, 0.1) is 28.6 Å². The number of benzene rings is 2. The normalized spacial score (nSPS) is 17.2. The molecule has 0 saturated heterocycles. The van der Waals surface area contributed by atoms with Crippen LogP contribution in [-0.4, -0.2) is 35.6 Å². The lowest BCUT2D eigenvalue weighted by molar-refractivity contribution is -0.138. The van der Waals surface area contributed by atoms with Gasteiger partial charge in [-0.05, 0) is 37.1 Å². The zero-order chi connectivity index (χ0) is 28.6. The largest absolute Gasteiger partial charge is 0.458 e. The molecule has 3 heterocycles. The van der Waals surface area contributed by atoms with Crippen LogP contribution in [0, 0.1) is 0 Å². The molecule has 0 fully saturated rings. The highest BCUT2D eigenvalue weighted by molar-refractivity contribution is 7.07. The molecule has 0 bridgehead atoms. The van der Waals surface area contributed by atoms with E-state index in [0.29, 0.717) is 39.5 Å². The number of esters is 2. The van der Waals surface area contributed by atoms with Gasteiger partial charge in [0.25, 0.3) is 11.5 Å². The molecule has 1 atom stereocenters. The van der Waals surface area contributed by atoms with E-state index in [1.165, 1.54) is 17.6 Å². The summed E-state index contributed by atoms with van der Waals surface area (Å²) in [5.41, 5.74) is 2.51. The van der Waals surface area contributed by atoms with Gasteiger partial charge in [-0.3, -0.25) is 19.0 Å². The van der Waals surface area contributed by atoms with E-state index in [9.17, 15) is 19.2 Å². The minimum absolute atomic E-state index is 0.0131. The molecule has 1 aromatic heterocycles. The van der Waals surface area contributed by atoms with E-state index in [0.717, 1.165) is 23.4 Å². The van der Waals surface area contributed by atoms with Gasteiger partial charge in [-0.1, -0.05) is 61.2 Å². The lowest BCUT2D eigenvalue weighted by Gasteiger charge is -2.24. The van der Waals surface area contributed by atoms with Crippen molar-refractivity contribution in [1.82, 2.24) is 4.57 Å². The average molecular weight is 558 g/mol. The highest BCUT2D eigenvalue weighted by Gasteiger charge is 2.37. The molecular formula is C30H27N3O6S. The van der Waals surface area contributed by atoms with Crippen molar-refractivity contribution in [1.29, 1.82) is 0 Å². The van der Waals surface area contributed by atoms with Gasteiger partial charge in [0.15, 0.2) is 4.80 Å². The fourth-order valence-corrected chi connectivity index (χ4v) is 6.13. The summed E-state index contributed by atoms with van der Waals surface area (Å²) in [6, 6.07) is 13.1. The van der Waals surface area contributed by atoms with Crippen LogP contribution in [0.15, 0.2) is 82.2 Å². The monoisotopic (exact) mass is 557 g/mol. The molecule has 10 heteroatoms. The SMILES string of the molecule is C=CCOC(=O)C1=C(C)N=c2s/c(=C3/C(=O)N(CCC)c4ccccc43)c(=O)n2[C@@H]1c1ccc(OC(C)=O)cc1. The highest BCUT2D eigenvalue weighted by Crippen LogP contribution is 2.36. The summed E-state index contributed by atoms with van der Waals surface area (Å²) in [4.78, 5) is 59.1. The van der Waals surface area contributed by atoms with E-state index in [-0.39, 0.29) is 22.6 Å². The van der Waals surface area contributed by atoms with Crippen molar-refractivity contribution in [2.45, 2.75) is 33.2 Å². The molecule has 0 saturated carbocycles. The third-order valence-corrected chi connectivity index (χ3v) is 7.66. The van der Waals surface area contributed by atoms with Crippen LogP contribution in [0.4, 0.5) is 5.69 Å². The van der Waals surface area contributed by atoms with Gasteiger partial charge in [-0.25, -0.2) is 9.79 Å². The van der Waals surface area contributed by atoms with Crippen LogP contribution >= 0.6 is 11.3 Å². The Bertz CT molecular complexity index is 1760. The Morgan fingerprint density at radius 3 is 2.52 bits per heavy atom. The quantitative estimate of drug-likeness (QED) is 0.251. The van der Waals surface area contributed by atoms with E-state index < -0.39 is 23.5 Å². The molecule has 5 rings (SSSR count). The second kappa shape index (κ2) is 10.9. The number of allylic oxidation sites excluding steroid dienone is 1. The third-order valence-electron chi connectivity index (χ3n) is 6.60. The Labute approximate surface area is 234 Å². The fraction of sp³-hybridized carbons (Fsp3) is 0.233. The number of anilines is 1. The van der Waals surface area contributed by atoms with Crippen LogP contribution < -0.4 is 24.5 Å². The number of ether oxygens (including phenoxy) is 2. The first-order chi connectivity index (χ1) is 19.3. The van der Waals surface area contributed by atoms with Crippen LogP contribution in [0.2, 0.25) is 0 Å². The van der Waals surface area contributed by atoms with Crippen molar-refractivity contribution in [2.75, 3.05) is 18.1 Å². The summed E-state index contributed by atoms with van der Waals surface area (Å²) in [6.07, 6.45) is 2.21. The molecule has 1 amide bonds. The Balaban J connectivity index is 1.75. The molecular weight excluding hydrogens is 530 g/mol. The average Bonchev–Trinajstić information content (AvgIpc) is 3.39. The second-order valence-corrected chi connectivity index (χ2v) is 10.3. The molecule has 2 aromatic carbocycles. The Morgan fingerprint density at radius 1 is 1.12 bits per heavy atom. The molecule has 2 aliphatic heterocycles. The minimum Gasteiger partial charge on any atom is -0.458 e. The van der Waals surface area contributed by atoms with Crippen LogP contribution in [0.5, 0.6) is 5.75 Å². The van der Waals surface area contributed by atoms with Crippen molar-refractivity contribution in [3.8, 4) is 5.75 Å². The van der Waals surface area contributed by atoms with Crippen molar-refractivity contribution in [3.05, 3.63) is 103 Å². The molecule has 9 nitrogen and oxygen atoms in total. The van der Waals surface area contributed by atoms with Crippen LogP contribution in [0.25, 0.3) is 5.57 Å². The number of hydrogen-bond acceptors (Lipinski definition) is 8. The molecule has 2 aliphatic rings. The van der Waals surface area contributed by atoms with Crippen LogP contribution in [0.3, 0.4) is 0 Å². The second-order valence-electron chi connectivity index (χ2n) is 9.30. The van der Waals surface area contributed by atoms with Gasteiger partial charge >= 0.3 is 11.9 Å². The summed E-state index contributed by atoms with van der Waals surface area (Å²) < 4.78 is 12.2. The van der Waals surface area contributed by atoms with Crippen LogP contribution in [0.1, 0.15) is 44.4 Å². The summed E-state index contributed by atoms with van der Waals surface area (Å²) in [6.45, 7) is 9.08. The molecule has 0 N–H and O–H groups in total. The Morgan fingerprint density at radius 2 is 1.85 bits per heavy atom. The maximum atomic E-state index is 14.2. The highest BCUT2D eigenvalue weighted by atomic mass is 32.1. The molecule has 0 radical (unpaired) electrons. The van der Waals surface area contributed by atoms with Gasteiger partial charge in [0.1, 0.15) is 16.9 Å². The van der Waals surface area contributed by atoms with Crippen molar-refractivity contribution < 1.29 is 23.9 Å². The number of amides is 1. The topological polar surface area (TPSA) is 107 Å². The summed E-state index contributed by atoms with van der Waals surface area (Å²) >= 11 is 1.12. The molecule has 0 spiro atoms. The first kappa shape index (κ1) is 27.0. The number of fused-ring (bicyclic) bond motifs is 2. The first-order valence-corrected chi connectivity index (χ1v) is 13.6. The number of para-hydroxylation sites is 1. The predicted octanol–water partition coefficient (Wildman–Crippen LogP) is 3.02. The Kier molecular flexibility index (Phi) is 7.36. The summed E-state index contributed by atoms with van der Waals surface area (Å²) in [5, 5.41) is 0. The maximum absolute atomic E-state index is 14.2. The van der Waals surface area contributed by atoms with Gasteiger partial charge in [-0.15, -0.1) is 0 Å². The Hall–Kier alpha value is -4.57. The first-order valence-electron chi connectivity index (χ1n) is 12.8. The number of nitrogens with zero attached hydrogens (tertiary/aromatic N) is 3. The number of aromatic nitrogens is 1. The van der Waals surface area contributed by atoms with Crippen molar-refractivity contribution >= 4 is 40.4 Å². The van der Waals surface area contributed by atoms with Gasteiger partial charge in [-0.2, -0.15) is 0 Å². The number of carbonyl (C=O) groups is 3. The zero-order valence-electron chi connectivity index (χ0n) is 22.3. The molecule has 204 valence electrons. The van der Waals surface area contributed by atoms with Gasteiger partial charge in [0, 0.05) is 19.0 Å². The zero-order valence-corrected chi connectivity index (χ0v) is 23.1. The summed E-state index contributed by atoms with van der Waals surface area (Å²) in [5.74, 6) is -1.02. The third kappa shape index (κ3) is 4.60. The predicted molar refractivity (Wildman–Crippen MR) is 151 cm³/mol. The standard InChI is InChI=1S/C30H27N3O6S/c1-5-15-32-22-10-8-7-9-21(22)24(27(32)35)26-28(36)33-25(19-11-13-20(14-12-19)39-18(4)34)23(29(37)38-16-6-2)17(3)31-30(33)40-26/h6-14,25H,2,5,15-16H2,1,3-4H3/b26-24+/t25-/m1/s1. The lowest BCUT2D eigenvalue weighted by atomic mass is 9.96.